The molecule has 0 amide bonds. The predicted octanol–water partition coefficient (Wildman–Crippen LogP) is 3.58. The van der Waals surface area contributed by atoms with Crippen LogP contribution in [0.15, 0.2) is 30.3 Å². The minimum atomic E-state index is -2.87. The SMILES string of the molecule is CC[N](CC)[Ge]([N](CC)CC)([N](CC)CC)[N](C)c1ccccc1. The molecule has 0 fully saturated rings. The van der Waals surface area contributed by atoms with Gasteiger partial charge in [0.25, 0.3) is 0 Å². The topological polar surface area (TPSA) is 13.0 Å². The molecule has 0 radical (unpaired) electrons. The Labute approximate surface area is 153 Å². The molecule has 1 aromatic rings. The number of anilines is 1. The van der Waals surface area contributed by atoms with Crippen molar-refractivity contribution in [2.75, 3.05) is 50.2 Å². The molecule has 0 aliphatic rings. The van der Waals surface area contributed by atoms with Crippen LogP contribution >= 0.6 is 0 Å². The van der Waals surface area contributed by atoms with E-state index in [1.165, 1.54) is 5.69 Å². The molecule has 0 spiro atoms. The summed E-state index contributed by atoms with van der Waals surface area (Å²) in [6.07, 6.45) is 0. The zero-order valence-electron chi connectivity index (χ0n) is 16.9. The molecule has 5 heteroatoms. The molecule has 0 aromatic heterocycles. The summed E-state index contributed by atoms with van der Waals surface area (Å²) in [5.74, 6) is 0. The van der Waals surface area contributed by atoms with Crippen LogP contribution in [0.3, 0.4) is 0 Å². The van der Waals surface area contributed by atoms with Crippen LogP contribution < -0.4 is 3.86 Å². The van der Waals surface area contributed by atoms with Crippen molar-refractivity contribution in [3.8, 4) is 0 Å². The van der Waals surface area contributed by atoms with Gasteiger partial charge in [-0.15, -0.1) is 0 Å². The van der Waals surface area contributed by atoms with Crippen LogP contribution in [-0.2, 0) is 0 Å². The van der Waals surface area contributed by atoms with Gasteiger partial charge in [0.15, 0.2) is 0 Å². The van der Waals surface area contributed by atoms with E-state index in [9.17, 15) is 0 Å². The summed E-state index contributed by atoms with van der Waals surface area (Å²) in [7, 11) is 2.32. The van der Waals surface area contributed by atoms with Crippen LogP contribution in [0, 0.1) is 0 Å². The first kappa shape index (κ1) is 21.5. The Morgan fingerprint density at radius 3 is 1.25 bits per heavy atom. The van der Waals surface area contributed by atoms with Gasteiger partial charge in [-0.05, 0) is 0 Å². The molecule has 0 saturated carbocycles. The molecule has 0 aliphatic carbocycles. The number of nitrogens with zero attached hydrogens (tertiary/aromatic N) is 4. The van der Waals surface area contributed by atoms with Gasteiger partial charge in [-0.25, -0.2) is 0 Å². The van der Waals surface area contributed by atoms with Crippen molar-refractivity contribution >= 4 is 19.8 Å². The monoisotopic (exact) mass is 396 g/mol. The molecule has 0 N–H and O–H groups in total. The maximum atomic E-state index is 2.77. The van der Waals surface area contributed by atoms with E-state index >= 15 is 0 Å². The van der Waals surface area contributed by atoms with Gasteiger partial charge in [0.1, 0.15) is 0 Å². The fraction of sp³-hybridized carbons (Fsp3) is 0.684. The molecule has 0 saturated heterocycles. The molecule has 0 aliphatic heterocycles. The quantitative estimate of drug-likeness (QED) is 0.531. The van der Waals surface area contributed by atoms with Crippen molar-refractivity contribution in [3.63, 3.8) is 0 Å². The van der Waals surface area contributed by atoms with Gasteiger partial charge in [0.05, 0.1) is 0 Å². The third-order valence-corrected chi connectivity index (χ3v) is 16.9. The summed E-state index contributed by atoms with van der Waals surface area (Å²) in [4.78, 5) is 0. The van der Waals surface area contributed by atoms with E-state index in [2.05, 4.69) is 94.3 Å². The molecular weight excluding hydrogens is 357 g/mol. The van der Waals surface area contributed by atoms with Crippen molar-refractivity contribution in [1.82, 2.24) is 11.6 Å². The van der Waals surface area contributed by atoms with Crippen LogP contribution in [0.4, 0.5) is 5.69 Å². The normalized spacial score (nSPS) is 12.4. The van der Waals surface area contributed by atoms with Crippen molar-refractivity contribution in [2.45, 2.75) is 41.5 Å². The van der Waals surface area contributed by atoms with E-state index in [0.29, 0.717) is 0 Å². The van der Waals surface area contributed by atoms with Crippen molar-refractivity contribution in [2.24, 2.45) is 0 Å². The zero-order valence-corrected chi connectivity index (χ0v) is 19.0. The summed E-state index contributed by atoms with van der Waals surface area (Å²) >= 11 is -2.87. The van der Waals surface area contributed by atoms with Crippen molar-refractivity contribution in [3.05, 3.63) is 30.3 Å². The molecule has 138 valence electrons. The Morgan fingerprint density at radius 2 is 0.958 bits per heavy atom. The van der Waals surface area contributed by atoms with E-state index in [-0.39, 0.29) is 0 Å². The summed E-state index contributed by atoms with van der Waals surface area (Å²) in [6.45, 7) is 20.5. The van der Waals surface area contributed by atoms with Gasteiger partial charge in [0.2, 0.25) is 0 Å². The number of hydrogen-bond donors (Lipinski definition) is 0. The number of hydrogen-bond acceptors (Lipinski definition) is 4. The van der Waals surface area contributed by atoms with Crippen LogP contribution in [0.2, 0.25) is 0 Å². The van der Waals surface area contributed by atoms with E-state index in [1.54, 1.807) is 0 Å². The van der Waals surface area contributed by atoms with Gasteiger partial charge in [0, 0.05) is 0 Å². The second kappa shape index (κ2) is 10.4. The molecule has 0 atom stereocenters. The minimum absolute atomic E-state index is 1.10. The molecule has 1 aromatic carbocycles. The Morgan fingerprint density at radius 1 is 0.625 bits per heavy atom. The molecular formula is C19H38GeN4. The van der Waals surface area contributed by atoms with Crippen molar-refractivity contribution in [1.29, 1.82) is 0 Å². The van der Waals surface area contributed by atoms with Crippen LogP contribution in [0.25, 0.3) is 0 Å². The first-order valence-electron chi connectivity index (χ1n) is 9.62. The summed E-state index contributed by atoms with van der Waals surface area (Å²) in [5.41, 5.74) is 1.34. The van der Waals surface area contributed by atoms with Crippen LogP contribution in [0.1, 0.15) is 41.5 Å². The van der Waals surface area contributed by atoms with Gasteiger partial charge in [-0.2, -0.15) is 0 Å². The molecule has 24 heavy (non-hydrogen) atoms. The number of rotatable bonds is 11. The summed E-state index contributed by atoms with van der Waals surface area (Å²) in [6, 6.07) is 10.9. The van der Waals surface area contributed by atoms with Gasteiger partial charge in [-0.3, -0.25) is 0 Å². The zero-order chi connectivity index (χ0) is 18.2. The summed E-state index contributed by atoms with van der Waals surface area (Å²) < 4.78 is 11.0. The van der Waals surface area contributed by atoms with Gasteiger partial charge >= 0.3 is 153 Å². The molecule has 4 nitrogen and oxygen atoms in total. The fourth-order valence-corrected chi connectivity index (χ4v) is 15.6. The summed E-state index contributed by atoms with van der Waals surface area (Å²) in [5, 5.41) is 0. The van der Waals surface area contributed by atoms with Crippen LogP contribution in [-0.4, -0.2) is 72.0 Å². The Kier molecular flexibility index (Phi) is 9.34. The molecule has 1 rings (SSSR count). The average Bonchev–Trinajstić information content (AvgIpc) is 2.64. The Hall–Kier alpha value is -0.557. The first-order chi connectivity index (χ1) is 11.6. The molecule has 0 heterocycles. The third kappa shape index (κ3) is 3.98. The van der Waals surface area contributed by atoms with E-state index < -0.39 is 14.2 Å². The van der Waals surface area contributed by atoms with Crippen molar-refractivity contribution < 1.29 is 0 Å². The third-order valence-electron chi connectivity index (χ3n) is 5.16. The second-order valence-corrected chi connectivity index (χ2v) is 13.9. The standard InChI is InChI=1S/C19H38GeN4/c1-8-22(9-2)20(23(10-3)11-4,24(12-5)13-6)21(7)19-17-15-14-16-18-19/h14-18H,8-13H2,1-7H3. The predicted molar refractivity (Wildman–Crippen MR) is 109 cm³/mol. The van der Waals surface area contributed by atoms with Crippen LogP contribution in [0.5, 0.6) is 0 Å². The second-order valence-electron chi connectivity index (χ2n) is 6.01. The van der Waals surface area contributed by atoms with E-state index in [0.717, 1.165) is 39.3 Å². The molecule has 0 bridgehead atoms. The van der Waals surface area contributed by atoms with Gasteiger partial charge < -0.3 is 0 Å². The first-order valence-corrected chi connectivity index (χ1v) is 13.4. The van der Waals surface area contributed by atoms with Gasteiger partial charge in [-0.1, -0.05) is 0 Å². The Bertz CT molecular complexity index is 411. The molecule has 0 unspecified atom stereocenters. The maximum absolute atomic E-state index is 2.87. The van der Waals surface area contributed by atoms with E-state index in [1.807, 2.05) is 0 Å². The Balaban J connectivity index is 3.60. The number of benzene rings is 1. The average molecular weight is 395 g/mol. The fourth-order valence-electron chi connectivity index (χ4n) is 4.00. The number of para-hydroxylation sites is 1. The van der Waals surface area contributed by atoms with E-state index in [4.69, 9.17) is 0 Å².